The molecule has 11 heteroatoms. The molecule has 0 heterocycles. The van der Waals surface area contributed by atoms with Crippen LogP contribution in [-0.4, -0.2) is 45.5 Å². The van der Waals surface area contributed by atoms with Gasteiger partial charge in [-0.3, -0.25) is 19.7 Å². The molecule has 0 saturated carbocycles. The van der Waals surface area contributed by atoms with E-state index in [1.807, 2.05) is 0 Å². The Balaban J connectivity index is 2.95. The summed E-state index contributed by atoms with van der Waals surface area (Å²) in [4.78, 5) is 32.5. The van der Waals surface area contributed by atoms with Gasteiger partial charge in [-0.05, 0) is 18.6 Å². The number of methoxy groups -OCH3 is 2. The van der Waals surface area contributed by atoms with Crippen LogP contribution in [0.5, 0.6) is 0 Å². The summed E-state index contributed by atoms with van der Waals surface area (Å²) >= 11 is 0. The monoisotopic (exact) mass is 360 g/mol. The van der Waals surface area contributed by atoms with Crippen LogP contribution < -0.4 is 4.72 Å². The highest BCUT2D eigenvalue weighted by Gasteiger charge is 2.27. The van der Waals surface area contributed by atoms with Gasteiger partial charge in [-0.2, -0.15) is 4.72 Å². The molecule has 0 aliphatic carbocycles. The number of nitro groups is 1. The third-order valence-corrected chi connectivity index (χ3v) is 4.49. The van der Waals surface area contributed by atoms with Gasteiger partial charge in [0.1, 0.15) is 6.04 Å². The van der Waals surface area contributed by atoms with E-state index in [0.717, 1.165) is 38.5 Å². The Morgan fingerprint density at radius 1 is 1.21 bits per heavy atom. The number of ether oxygens (including phenoxy) is 2. The summed E-state index contributed by atoms with van der Waals surface area (Å²) in [5.74, 6) is -1.48. The van der Waals surface area contributed by atoms with Gasteiger partial charge in [0.2, 0.25) is 10.0 Å². The minimum Gasteiger partial charge on any atom is -0.469 e. The first-order valence-corrected chi connectivity index (χ1v) is 8.11. The second-order valence-electron chi connectivity index (χ2n) is 4.56. The molecule has 1 aromatic carbocycles. The van der Waals surface area contributed by atoms with Crippen molar-refractivity contribution < 1.29 is 32.4 Å². The fourth-order valence-corrected chi connectivity index (χ4v) is 2.95. The number of nitrogens with zero attached hydrogens (tertiary/aromatic N) is 1. The molecule has 1 atom stereocenters. The van der Waals surface area contributed by atoms with Gasteiger partial charge in [0.25, 0.3) is 5.69 Å². The third kappa shape index (κ3) is 5.28. The average molecular weight is 360 g/mol. The number of benzene rings is 1. The van der Waals surface area contributed by atoms with E-state index < -0.39 is 32.9 Å². The predicted octanol–water partition coefficient (Wildman–Crippen LogP) is 0.368. The molecule has 0 aliphatic rings. The Kier molecular flexibility index (Phi) is 6.80. The lowest BCUT2D eigenvalue weighted by Gasteiger charge is -2.16. The highest BCUT2D eigenvalue weighted by molar-refractivity contribution is 7.89. The Bertz CT molecular complexity index is 714. The molecule has 0 spiro atoms. The van der Waals surface area contributed by atoms with Crippen molar-refractivity contribution >= 4 is 27.6 Å². The fraction of sp³-hybridized carbons (Fsp3) is 0.385. The van der Waals surface area contributed by atoms with Crippen LogP contribution in [0.3, 0.4) is 0 Å². The molecule has 1 N–H and O–H groups in total. The van der Waals surface area contributed by atoms with Crippen molar-refractivity contribution in [1.29, 1.82) is 0 Å². The van der Waals surface area contributed by atoms with Crippen molar-refractivity contribution in [2.24, 2.45) is 0 Å². The number of nitrogens with one attached hydrogen (secondary N) is 1. The van der Waals surface area contributed by atoms with E-state index in [1.54, 1.807) is 0 Å². The maximum atomic E-state index is 12.3. The first-order valence-electron chi connectivity index (χ1n) is 6.62. The molecule has 0 aliphatic heterocycles. The summed E-state index contributed by atoms with van der Waals surface area (Å²) in [6, 6.07) is 2.82. The third-order valence-electron chi connectivity index (χ3n) is 3.01. The summed E-state index contributed by atoms with van der Waals surface area (Å²) < 4.78 is 35.6. The number of sulfonamides is 1. The topological polar surface area (TPSA) is 142 Å². The van der Waals surface area contributed by atoms with E-state index in [4.69, 9.17) is 0 Å². The van der Waals surface area contributed by atoms with Crippen LogP contribution in [0.25, 0.3) is 0 Å². The molecule has 0 unspecified atom stereocenters. The predicted molar refractivity (Wildman–Crippen MR) is 80.5 cm³/mol. The van der Waals surface area contributed by atoms with E-state index in [0.29, 0.717) is 0 Å². The molecular formula is C13H16N2O8S. The smallest absolute Gasteiger partial charge is 0.323 e. The second-order valence-corrected chi connectivity index (χ2v) is 6.28. The van der Waals surface area contributed by atoms with E-state index in [2.05, 4.69) is 14.2 Å². The molecule has 132 valence electrons. The maximum Gasteiger partial charge on any atom is 0.323 e. The van der Waals surface area contributed by atoms with Gasteiger partial charge in [-0.1, -0.05) is 0 Å². The van der Waals surface area contributed by atoms with Crippen LogP contribution in [0.2, 0.25) is 0 Å². The largest absolute Gasteiger partial charge is 0.469 e. The van der Waals surface area contributed by atoms with Crippen molar-refractivity contribution in [3.63, 3.8) is 0 Å². The highest BCUT2D eigenvalue weighted by Crippen LogP contribution is 2.16. The Morgan fingerprint density at radius 2 is 1.79 bits per heavy atom. The number of carbonyl (C=O) groups excluding carboxylic acids is 2. The Morgan fingerprint density at radius 3 is 2.25 bits per heavy atom. The number of hydrogen-bond donors (Lipinski definition) is 1. The fourth-order valence-electron chi connectivity index (χ4n) is 1.73. The van der Waals surface area contributed by atoms with Gasteiger partial charge < -0.3 is 9.47 Å². The normalized spacial score (nSPS) is 12.2. The quantitative estimate of drug-likeness (QED) is 0.398. The molecule has 0 saturated heterocycles. The maximum absolute atomic E-state index is 12.3. The number of carbonyl (C=O) groups is 2. The van der Waals surface area contributed by atoms with E-state index in [1.165, 1.54) is 0 Å². The van der Waals surface area contributed by atoms with Crippen molar-refractivity contribution in [2.75, 3.05) is 14.2 Å². The molecule has 24 heavy (non-hydrogen) atoms. The van der Waals surface area contributed by atoms with Gasteiger partial charge >= 0.3 is 11.9 Å². The first kappa shape index (κ1) is 19.5. The molecular weight excluding hydrogens is 344 g/mol. The Labute approximate surface area is 137 Å². The average Bonchev–Trinajstić information content (AvgIpc) is 2.57. The zero-order valence-electron chi connectivity index (χ0n) is 12.9. The number of non-ortho nitro benzene ring substituents is 1. The first-order chi connectivity index (χ1) is 11.2. The zero-order chi connectivity index (χ0) is 18.3. The van der Waals surface area contributed by atoms with Crippen LogP contribution in [-0.2, 0) is 29.1 Å². The summed E-state index contributed by atoms with van der Waals surface area (Å²) in [6.07, 6.45) is -0.357. The summed E-state index contributed by atoms with van der Waals surface area (Å²) in [7, 11) is -1.90. The number of rotatable bonds is 8. The summed E-state index contributed by atoms with van der Waals surface area (Å²) in [6.45, 7) is 0. The molecule has 0 bridgehead atoms. The minimum absolute atomic E-state index is 0.161. The van der Waals surface area contributed by atoms with Crippen molar-refractivity contribution in [3.8, 4) is 0 Å². The van der Waals surface area contributed by atoms with Gasteiger partial charge in [0, 0.05) is 18.6 Å². The SMILES string of the molecule is COC(=O)CC[C@H](NS(=O)(=O)c1ccc([N+](=O)[O-])cc1)C(=O)OC. The van der Waals surface area contributed by atoms with Crippen molar-refractivity contribution in [3.05, 3.63) is 34.4 Å². The van der Waals surface area contributed by atoms with E-state index >= 15 is 0 Å². The van der Waals surface area contributed by atoms with Crippen LogP contribution >= 0.6 is 0 Å². The molecule has 1 rings (SSSR count). The van der Waals surface area contributed by atoms with Gasteiger partial charge in [0.15, 0.2) is 0 Å². The Hall–Kier alpha value is -2.53. The molecule has 0 radical (unpaired) electrons. The second kappa shape index (κ2) is 8.36. The number of hydrogen-bond acceptors (Lipinski definition) is 8. The summed E-state index contributed by atoms with van der Waals surface area (Å²) in [5, 5.41) is 10.6. The van der Waals surface area contributed by atoms with E-state index in [9.17, 15) is 28.1 Å². The summed E-state index contributed by atoms with van der Waals surface area (Å²) in [5.41, 5.74) is -0.274. The zero-order valence-corrected chi connectivity index (χ0v) is 13.7. The molecule has 1 aromatic rings. The molecule has 0 amide bonds. The number of nitro benzene ring substituents is 1. The van der Waals surface area contributed by atoms with Gasteiger partial charge in [-0.15, -0.1) is 0 Å². The lowest BCUT2D eigenvalue weighted by atomic mass is 10.2. The van der Waals surface area contributed by atoms with Crippen LogP contribution in [0.4, 0.5) is 5.69 Å². The van der Waals surface area contributed by atoms with Crippen molar-refractivity contribution in [2.45, 2.75) is 23.8 Å². The van der Waals surface area contributed by atoms with Crippen molar-refractivity contribution in [1.82, 2.24) is 4.72 Å². The number of esters is 2. The van der Waals surface area contributed by atoms with Gasteiger partial charge in [-0.25, -0.2) is 8.42 Å². The lowest BCUT2D eigenvalue weighted by molar-refractivity contribution is -0.384. The molecule has 0 aromatic heterocycles. The molecule has 10 nitrogen and oxygen atoms in total. The minimum atomic E-state index is -4.14. The van der Waals surface area contributed by atoms with Crippen LogP contribution in [0, 0.1) is 10.1 Å². The van der Waals surface area contributed by atoms with Crippen LogP contribution in [0.1, 0.15) is 12.8 Å². The molecule has 0 fully saturated rings. The van der Waals surface area contributed by atoms with Crippen LogP contribution in [0.15, 0.2) is 29.2 Å². The highest BCUT2D eigenvalue weighted by atomic mass is 32.2. The van der Waals surface area contributed by atoms with Gasteiger partial charge in [0.05, 0.1) is 24.0 Å². The van der Waals surface area contributed by atoms with E-state index in [-0.39, 0.29) is 23.4 Å². The standard InChI is InChI=1S/C13H16N2O8S/c1-22-12(16)8-7-11(13(17)23-2)14-24(20,21)10-5-3-9(4-6-10)15(18)19/h3-6,11,14H,7-8H2,1-2H3/t11-/m0/s1. The lowest BCUT2D eigenvalue weighted by Crippen LogP contribution is -2.41.